The maximum Gasteiger partial charge on any atom is 0.324 e. The average Bonchev–Trinajstić information content (AvgIpc) is 2.95. The van der Waals surface area contributed by atoms with Gasteiger partial charge < -0.3 is 5.11 Å². The molecule has 3 rings (SSSR count). The molecular formula is C15H23N3O2. The molecule has 2 unspecified atom stereocenters. The summed E-state index contributed by atoms with van der Waals surface area (Å²) < 4.78 is 1.93. The van der Waals surface area contributed by atoms with Crippen LogP contribution in [0, 0.1) is 12.8 Å². The van der Waals surface area contributed by atoms with E-state index in [9.17, 15) is 9.90 Å². The molecule has 2 N–H and O–H groups in total. The number of aromatic nitrogens is 2. The van der Waals surface area contributed by atoms with Crippen molar-refractivity contribution >= 4 is 5.97 Å². The topological polar surface area (TPSA) is 67.2 Å². The molecule has 2 aliphatic rings. The van der Waals surface area contributed by atoms with E-state index in [1.807, 2.05) is 23.9 Å². The molecule has 1 aromatic rings. The van der Waals surface area contributed by atoms with Crippen LogP contribution >= 0.6 is 0 Å². The summed E-state index contributed by atoms with van der Waals surface area (Å²) in [6, 6.07) is 2.42. The highest BCUT2D eigenvalue weighted by molar-refractivity contribution is 5.80. The van der Waals surface area contributed by atoms with Crippen molar-refractivity contribution in [3.05, 3.63) is 18.0 Å². The molecular weight excluding hydrogens is 254 g/mol. The van der Waals surface area contributed by atoms with Crippen molar-refractivity contribution in [1.29, 1.82) is 0 Å². The van der Waals surface area contributed by atoms with Gasteiger partial charge in [0.1, 0.15) is 5.54 Å². The fraction of sp³-hybridized carbons (Fsp3) is 0.733. The van der Waals surface area contributed by atoms with E-state index < -0.39 is 11.5 Å². The third-order valence-corrected chi connectivity index (χ3v) is 4.72. The van der Waals surface area contributed by atoms with E-state index in [1.54, 1.807) is 0 Å². The summed E-state index contributed by atoms with van der Waals surface area (Å²) in [5, 5.41) is 17.5. The van der Waals surface area contributed by atoms with Crippen molar-refractivity contribution in [3.8, 4) is 0 Å². The first kappa shape index (κ1) is 13.6. The molecule has 0 radical (unpaired) electrons. The lowest BCUT2D eigenvalue weighted by molar-refractivity contribution is -0.147. The van der Waals surface area contributed by atoms with Crippen molar-refractivity contribution in [2.45, 2.75) is 63.6 Å². The first-order valence-corrected chi connectivity index (χ1v) is 7.61. The molecule has 2 fully saturated rings. The second-order valence-electron chi connectivity index (χ2n) is 6.29. The van der Waals surface area contributed by atoms with Gasteiger partial charge in [0.2, 0.25) is 0 Å². The smallest absolute Gasteiger partial charge is 0.324 e. The van der Waals surface area contributed by atoms with Gasteiger partial charge in [0, 0.05) is 18.8 Å². The molecule has 0 bridgehead atoms. The van der Waals surface area contributed by atoms with Gasteiger partial charge in [-0.15, -0.1) is 0 Å². The Bertz CT molecular complexity index is 495. The summed E-state index contributed by atoms with van der Waals surface area (Å²) in [6.07, 6.45) is 7.89. The Labute approximate surface area is 119 Å². The van der Waals surface area contributed by atoms with Crippen LogP contribution in [0.25, 0.3) is 0 Å². The number of nitrogens with one attached hydrogen (secondary N) is 1. The van der Waals surface area contributed by atoms with Gasteiger partial charge in [0.25, 0.3) is 0 Å². The zero-order valence-corrected chi connectivity index (χ0v) is 12.0. The molecule has 5 nitrogen and oxygen atoms in total. The van der Waals surface area contributed by atoms with Crippen molar-refractivity contribution in [3.63, 3.8) is 0 Å². The van der Waals surface area contributed by atoms with Gasteiger partial charge in [-0.3, -0.25) is 14.8 Å². The van der Waals surface area contributed by atoms with Crippen LogP contribution < -0.4 is 5.32 Å². The standard InChI is InChI=1S/C15H23N3O2/c1-11-6-9-18(17-11)10-7-12-3-2-8-15(12,14(19)20)16-13-4-5-13/h6,9,12-13,16H,2-5,7-8,10H2,1H3,(H,19,20). The highest BCUT2D eigenvalue weighted by Gasteiger charge is 2.51. The molecule has 20 heavy (non-hydrogen) atoms. The molecule has 2 aliphatic carbocycles. The fourth-order valence-electron chi connectivity index (χ4n) is 3.47. The maximum absolute atomic E-state index is 11.8. The average molecular weight is 277 g/mol. The predicted octanol–water partition coefficient (Wildman–Crippen LogP) is 1.96. The molecule has 1 aromatic heterocycles. The monoisotopic (exact) mass is 277 g/mol. The lowest BCUT2D eigenvalue weighted by Gasteiger charge is -2.32. The van der Waals surface area contributed by atoms with E-state index in [4.69, 9.17) is 0 Å². The fourth-order valence-corrected chi connectivity index (χ4v) is 3.47. The van der Waals surface area contributed by atoms with Gasteiger partial charge in [-0.05, 0) is 51.0 Å². The van der Waals surface area contributed by atoms with E-state index in [1.165, 1.54) is 0 Å². The predicted molar refractivity (Wildman–Crippen MR) is 75.4 cm³/mol. The lowest BCUT2D eigenvalue weighted by Crippen LogP contribution is -2.55. The molecule has 2 saturated carbocycles. The van der Waals surface area contributed by atoms with Crippen molar-refractivity contribution in [2.24, 2.45) is 5.92 Å². The number of carboxylic acid groups (broad SMARTS) is 1. The van der Waals surface area contributed by atoms with Crippen LogP contribution in [0.3, 0.4) is 0 Å². The van der Waals surface area contributed by atoms with E-state index in [-0.39, 0.29) is 5.92 Å². The van der Waals surface area contributed by atoms with Crippen LogP contribution in [0.1, 0.15) is 44.2 Å². The normalized spacial score (nSPS) is 29.8. The maximum atomic E-state index is 11.8. The number of nitrogens with zero attached hydrogens (tertiary/aromatic N) is 2. The number of carboxylic acids is 1. The minimum atomic E-state index is -0.691. The molecule has 0 spiro atoms. The van der Waals surface area contributed by atoms with Gasteiger partial charge in [0.15, 0.2) is 0 Å². The first-order valence-electron chi connectivity index (χ1n) is 7.61. The van der Waals surface area contributed by atoms with E-state index in [2.05, 4.69) is 10.4 Å². The number of aliphatic carboxylic acids is 1. The zero-order valence-electron chi connectivity index (χ0n) is 12.0. The van der Waals surface area contributed by atoms with Crippen molar-refractivity contribution in [2.75, 3.05) is 0 Å². The van der Waals surface area contributed by atoms with Gasteiger partial charge >= 0.3 is 5.97 Å². The van der Waals surface area contributed by atoms with Crippen molar-refractivity contribution in [1.82, 2.24) is 15.1 Å². The summed E-state index contributed by atoms with van der Waals surface area (Å²) >= 11 is 0. The van der Waals surface area contributed by atoms with E-state index in [0.717, 1.165) is 50.8 Å². The molecule has 0 aliphatic heterocycles. The quantitative estimate of drug-likeness (QED) is 0.834. The Morgan fingerprint density at radius 3 is 2.95 bits per heavy atom. The van der Waals surface area contributed by atoms with Crippen LogP contribution in [0.5, 0.6) is 0 Å². The Balaban J connectivity index is 1.67. The van der Waals surface area contributed by atoms with Crippen LogP contribution in [-0.4, -0.2) is 32.4 Å². The van der Waals surface area contributed by atoms with Crippen LogP contribution in [0.15, 0.2) is 12.3 Å². The van der Waals surface area contributed by atoms with Crippen molar-refractivity contribution < 1.29 is 9.90 Å². The molecule has 0 amide bonds. The molecule has 1 heterocycles. The highest BCUT2D eigenvalue weighted by atomic mass is 16.4. The third kappa shape index (κ3) is 2.59. The minimum absolute atomic E-state index is 0.213. The number of aryl methyl sites for hydroxylation is 2. The second-order valence-corrected chi connectivity index (χ2v) is 6.29. The Kier molecular flexibility index (Phi) is 3.54. The van der Waals surface area contributed by atoms with Gasteiger partial charge in [0.05, 0.1) is 5.69 Å². The SMILES string of the molecule is Cc1ccn(CCC2CCCC2(NC2CC2)C(=O)O)n1. The minimum Gasteiger partial charge on any atom is -0.480 e. The number of hydrogen-bond donors (Lipinski definition) is 2. The largest absolute Gasteiger partial charge is 0.480 e. The summed E-state index contributed by atoms with van der Waals surface area (Å²) in [5.41, 5.74) is 0.320. The summed E-state index contributed by atoms with van der Waals surface area (Å²) in [6.45, 7) is 2.78. The summed E-state index contributed by atoms with van der Waals surface area (Å²) in [5.74, 6) is -0.450. The number of hydrogen-bond acceptors (Lipinski definition) is 3. The molecule has 110 valence electrons. The Morgan fingerprint density at radius 2 is 2.35 bits per heavy atom. The van der Waals surface area contributed by atoms with Crippen LogP contribution in [0.2, 0.25) is 0 Å². The lowest BCUT2D eigenvalue weighted by atomic mass is 9.84. The van der Waals surface area contributed by atoms with Gasteiger partial charge in [-0.2, -0.15) is 5.10 Å². The molecule has 2 atom stereocenters. The first-order chi connectivity index (χ1) is 9.60. The molecule has 5 heteroatoms. The summed E-state index contributed by atoms with van der Waals surface area (Å²) in [7, 11) is 0. The van der Waals surface area contributed by atoms with Crippen LogP contribution in [0.4, 0.5) is 0 Å². The molecule has 0 saturated heterocycles. The Hall–Kier alpha value is -1.36. The van der Waals surface area contributed by atoms with Crippen LogP contribution in [-0.2, 0) is 11.3 Å². The van der Waals surface area contributed by atoms with Gasteiger partial charge in [-0.1, -0.05) is 6.42 Å². The highest BCUT2D eigenvalue weighted by Crippen LogP contribution is 2.41. The van der Waals surface area contributed by atoms with E-state index in [0.29, 0.717) is 6.04 Å². The number of rotatable bonds is 6. The summed E-state index contributed by atoms with van der Waals surface area (Å²) in [4.78, 5) is 11.8. The van der Waals surface area contributed by atoms with Gasteiger partial charge in [-0.25, -0.2) is 0 Å². The Morgan fingerprint density at radius 1 is 1.55 bits per heavy atom. The number of carbonyl (C=O) groups is 1. The second kappa shape index (κ2) is 5.20. The molecule has 0 aromatic carbocycles. The zero-order chi connectivity index (χ0) is 14.2. The third-order valence-electron chi connectivity index (χ3n) is 4.72. The van der Waals surface area contributed by atoms with E-state index >= 15 is 0 Å².